The summed E-state index contributed by atoms with van der Waals surface area (Å²) in [6, 6.07) is 4.05. The van der Waals surface area contributed by atoms with Gasteiger partial charge in [-0.2, -0.15) is 0 Å². The van der Waals surface area contributed by atoms with Crippen LogP contribution in [0, 0.1) is 0 Å². The Morgan fingerprint density at radius 3 is 3.09 bits per heavy atom. The molecular weight excluding hydrogens is 330 g/mol. The third-order valence-electron chi connectivity index (χ3n) is 4.07. The predicted molar refractivity (Wildman–Crippen MR) is 91.8 cm³/mol. The van der Waals surface area contributed by atoms with Crippen molar-refractivity contribution in [2.45, 2.75) is 18.8 Å². The number of rotatable bonds is 2. The molecule has 1 fully saturated rings. The molecule has 1 aliphatic rings. The summed E-state index contributed by atoms with van der Waals surface area (Å²) < 4.78 is 0.998. The third-order valence-corrected chi connectivity index (χ3v) is 5.50. The first-order valence-electron chi connectivity index (χ1n) is 7.41. The lowest BCUT2D eigenvalue weighted by atomic mass is 9.94. The molecule has 0 unspecified atom stereocenters. The topological polar surface area (TPSA) is 85.0 Å². The van der Waals surface area contributed by atoms with Crippen molar-refractivity contribution in [1.29, 1.82) is 0 Å². The van der Waals surface area contributed by atoms with Crippen LogP contribution in [-0.4, -0.2) is 38.8 Å². The molecule has 6 nitrogen and oxygen atoms in total. The molecule has 0 saturated carbocycles. The number of nitrogens with zero attached hydrogens (tertiary/aromatic N) is 4. The molecule has 0 radical (unpaired) electrons. The van der Waals surface area contributed by atoms with E-state index in [1.54, 1.807) is 10.9 Å². The van der Waals surface area contributed by atoms with Crippen LogP contribution in [0.15, 0.2) is 23.0 Å². The molecule has 118 valence electrons. The van der Waals surface area contributed by atoms with Crippen molar-refractivity contribution in [3.05, 3.63) is 34.4 Å². The zero-order valence-electron chi connectivity index (χ0n) is 12.3. The second-order valence-corrected chi connectivity index (χ2v) is 7.35. The number of nitrogens with two attached hydrogens (primary N) is 1. The van der Waals surface area contributed by atoms with Gasteiger partial charge in [-0.25, -0.2) is 15.0 Å². The number of fused-ring (bicyclic) bond motifs is 1. The second kappa shape index (κ2) is 5.86. The number of hydrogen-bond donors (Lipinski definition) is 1. The summed E-state index contributed by atoms with van der Waals surface area (Å²) in [5.74, 6) is 0.244. The number of pyridine rings is 1. The fraction of sp³-hybridized carbons (Fsp3) is 0.333. The molecule has 0 aromatic carbocycles. The molecule has 3 aromatic heterocycles. The van der Waals surface area contributed by atoms with Crippen LogP contribution in [0.3, 0.4) is 0 Å². The third kappa shape index (κ3) is 2.79. The molecule has 0 bridgehead atoms. The van der Waals surface area contributed by atoms with Gasteiger partial charge in [0.2, 0.25) is 0 Å². The Bertz CT molecular complexity index is 845. The zero-order chi connectivity index (χ0) is 15.8. The van der Waals surface area contributed by atoms with Gasteiger partial charge in [0.25, 0.3) is 5.91 Å². The second-order valence-electron chi connectivity index (χ2n) is 5.57. The van der Waals surface area contributed by atoms with Crippen LogP contribution >= 0.6 is 22.7 Å². The summed E-state index contributed by atoms with van der Waals surface area (Å²) in [6.45, 7) is 1.45. The fourth-order valence-corrected chi connectivity index (χ4v) is 4.16. The first kappa shape index (κ1) is 14.5. The smallest absolute Gasteiger partial charge is 0.273 e. The van der Waals surface area contributed by atoms with E-state index in [0.29, 0.717) is 23.0 Å². The number of carbonyl (C=O) groups excluding carboxylic acids is 1. The molecule has 4 heterocycles. The van der Waals surface area contributed by atoms with Crippen molar-refractivity contribution in [1.82, 2.24) is 19.9 Å². The number of thiazole rings is 2. The van der Waals surface area contributed by atoms with E-state index in [4.69, 9.17) is 5.73 Å². The van der Waals surface area contributed by atoms with Gasteiger partial charge in [0, 0.05) is 30.1 Å². The number of nitrogen functional groups attached to an aromatic ring is 1. The number of anilines is 1. The van der Waals surface area contributed by atoms with E-state index >= 15 is 0 Å². The van der Waals surface area contributed by atoms with E-state index in [1.165, 1.54) is 22.7 Å². The number of piperidine rings is 1. The van der Waals surface area contributed by atoms with Crippen molar-refractivity contribution in [2.24, 2.45) is 0 Å². The van der Waals surface area contributed by atoms with Gasteiger partial charge in [-0.1, -0.05) is 11.3 Å². The maximum absolute atomic E-state index is 12.5. The van der Waals surface area contributed by atoms with E-state index in [1.807, 2.05) is 17.0 Å². The molecule has 1 saturated heterocycles. The average Bonchev–Trinajstić information content (AvgIpc) is 3.22. The van der Waals surface area contributed by atoms with Gasteiger partial charge < -0.3 is 10.6 Å². The minimum Gasteiger partial charge on any atom is -0.375 e. The standard InChI is InChI=1S/C15H15N5OS2/c16-15-19-13-12(23-15)4-3-10(18-13)9-2-1-5-20(6-9)14(21)11-7-22-8-17-11/h3-4,7-9H,1-2,5-6H2,(H2,16,18,19)/t9-/m0/s1. The Balaban J connectivity index is 1.57. The maximum atomic E-state index is 12.5. The molecule has 8 heteroatoms. The molecule has 1 atom stereocenters. The lowest BCUT2D eigenvalue weighted by molar-refractivity contribution is 0.0701. The van der Waals surface area contributed by atoms with E-state index in [-0.39, 0.29) is 11.8 Å². The first-order valence-corrected chi connectivity index (χ1v) is 9.17. The van der Waals surface area contributed by atoms with Crippen LogP contribution < -0.4 is 5.73 Å². The zero-order valence-corrected chi connectivity index (χ0v) is 13.9. The number of carbonyl (C=O) groups is 1. The van der Waals surface area contributed by atoms with Crippen LogP contribution in [0.5, 0.6) is 0 Å². The molecule has 3 aromatic rings. The Labute approximate surface area is 141 Å². The number of aromatic nitrogens is 3. The Morgan fingerprint density at radius 1 is 1.35 bits per heavy atom. The summed E-state index contributed by atoms with van der Waals surface area (Å²) in [4.78, 5) is 27.4. The fourth-order valence-electron chi connectivity index (χ4n) is 2.96. The minimum atomic E-state index is 0.00920. The van der Waals surface area contributed by atoms with Crippen molar-refractivity contribution >= 4 is 44.1 Å². The molecule has 2 N–H and O–H groups in total. The molecule has 23 heavy (non-hydrogen) atoms. The van der Waals surface area contributed by atoms with Crippen molar-refractivity contribution in [3.8, 4) is 0 Å². The summed E-state index contributed by atoms with van der Waals surface area (Å²) in [7, 11) is 0. The van der Waals surface area contributed by atoms with Gasteiger partial charge in [-0.15, -0.1) is 11.3 Å². The lowest BCUT2D eigenvalue weighted by Gasteiger charge is -2.32. The molecule has 0 spiro atoms. The molecular formula is C15H15N5OS2. The van der Waals surface area contributed by atoms with Crippen LogP contribution in [0.1, 0.15) is 34.9 Å². The van der Waals surface area contributed by atoms with Gasteiger partial charge in [0.1, 0.15) is 5.69 Å². The SMILES string of the molecule is Nc1nc2nc([C@H]3CCCN(C(=O)c4cscn4)C3)ccc2s1. The summed E-state index contributed by atoms with van der Waals surface area (Å²) in [5.41, 5.74) is 9.66. The van der Waals surface area contributed by atoms with E-state index < -0.39 is 0 Å². The van der Waals surface area contributed by atoms with E-state index in [2.05, 4.69) is 15.0 Å². The molecule has 0 aliphatic carbocycles. The predicted octanol–water partition coefficient (Wildman–Crippen LogP) is 2.75. The highest BCUT2D eigenvalue weighted by Gasteiger charge is 2.27. The van der Waals surface area contributed by atoms with Gasteiger partial charge in [-0.05, 0) is 25.0 Å². The van der Waals surface area contributed by atoms with Crippen LogP contribution in [-0.2, 0) is 0 Å². The molecule has 1 amide bonds. The number of amides is 1. The molecule has 1 aliphatic heterocycles. The summed E-state index contributed by atoms with van der Waals surface area (Å²) in [6.07, 6.45) is 2.00. The highest BCUT2D eigenvalue weighted by Crippen LogP contribution is 2.29. The first-order chi connectivity index (χ1) is 11.2. The number of likely N-dealkylation sites (tertiary alicyclic amines) is 1. The molecule has 4 rings (SSSR count). The largest absolute Gasteiger partial charge is 0.375 e. The minimum absolute atomic E-state index is 0.00920. The monoisotopic (exact) mass is 345 g/mol. The Morgan fingerprint density at radius 2 is 2.26 bits per heavy atom. The van der Waals surface area contributed by atoms with Crippen LogP contribution in [0.4, 0.5) is 5.13 Å². The van der Waals surface area contributed by atoms with Gasteiger partial charge in [0.05, 0.1) is 10.2 Å². The Hall–Kier alpha value is -2.06. The lowest BCUT2D eigenvalue weighted by Crippen LogP contribution is -2.39. The van der Waals surface area contributed by atoms with Gasteiger partial charge >= 0.3 is 0 Å². The number of hydrogen-bond acceptors (Lipinski definition) is 7. The highest BCUT2D eigenvalue weighted by molar-refractivity contribution is 7.21. The van der Waals surface area contributed by atoms with E-state index in [9.17, 15) is 4.79 Å². The van der Waals surface area contributed by atoms with Crippen molar-refractivity contribution in [3.63, 3.8) is 0 Å². The van der Waals surface area contributed by atoms with Crippen molar-refractivity contribution < 1.29 is 4.79 Å². The van der Waals surface area contributed by atoms with Gasteiger partial charge in [0.15, 0.2) is 10.8 Å². The summed E-state index contributed by atoms with van der Waals surface area (Å²) in [5, 5.41) is 2.34. The summed E-state index contributed by atoms with van der Waals surface area (Å²) >= 11 is 2.89. The van der Waals surface area contributed by atoms with E-state index in [0.717, 1.165) is 29.8 Å². The van der Waals surface area contributed by atoms with Crippen LogP contribution in [0.2, 0.25) is 0 Å². The van der Waals surface area contributed by atoms with Gasteiger partial charge in [-0.3, -0.25) is 4.79 Å². The van der Waals surface area contributed by atoms with Crippen LogP contribution in [0.25, 0.3) is 10.3 Å². The normalized spacial score (nSPS) is 18.4. The highest BCUT2D eigenvalue weighted by atomic mass is 32.1. The quantitative estimate of drug-likeness (QED) is 0.772. The van der Waals surface area contributed by atoms with Crippen molar-refractivity contribution in [2.75, 3.05) is 18.8 Å². The maximum Gasteiger partial charge on any atom is 0.273 e. The Kier molecular flexibility index (Phi) is 3.70. The average molecular weight is 345 g/mol.